The number of anilines is 2. The summed E-state index contributed by atoms with van der Waals surface area (Å²) in [6.45, 7) is 0. The fraction of sp³-hybridized carbons (Fsp3) is 0. The van der Waals surface area contributed by atoms with Gasteiger partial charge in [-0.1, -0.05) is 0 Å². The Labute approximate surface area is 154 Å². The van der Waals surface area contributed by atoms with Gasteiger partial charge in [0, 0.05) is 27.0 Å². The highest BCUT2D eigenvalue weighted by atomic mass is 127. The van der Waals surface area contributed by atoms with E-state index in [9.17, 15) is 19.7 Å². The molecule has 3 rings (SSSR count). The lowest BCUT2D eigenvalue weighted by Crippen LogP contribution is -2.24. The minimum absolute atomic E-state index is 0.0471. The van der Waals surface area contributed by atoms with Gasteiger partial charge in [0.15, 0.2) is 5.71 Å². The van der Waals surface area contributed by atoms with E-state index in [0.29, 0.717) is 11.3 Å². The zero-order valence-electron chi connectivity index (χ0n) is 12.4. The van der Waals surface area contributed by atoms with Crippen molar-refractivity contribution in [2.45, 2.75) is 0 Å². The molecule has 2 aromatic carbocycles. The van der Waals surface area contributed by atoms with Crippen LogP contribution in [0.3, 0.4) is 0 Å². The third-order valence-electron chi connectivity index (χ3n) is 3.46. The van der Waals surface area contributed by atoms with E-state index in [-0.39, 0.29) is 22.6 Å². The molecule has 0 unspecified atom stereocenters. The van der Waals surface area contributed by atoms with Gasteiger partial charge < -0.3 is 11.1 Å². The van der Waals surface area contributed by atoms with E-state index in [4.69, 9.17) is 5.73 Å². The Hall–Kier alpha value is -3.02. The van der Waals surface area contributed by atoms with Crippen molar-refractivity contribution in [1.82, 2.24) is 5.43 Å². The highest BCUT2D eigenvalue weighted by Gasteiger charge is 2.26. The SMILES string of the molecule is Nc1ccc([N+](=O)[O-])cc1C(=O)N/N=C1/C(=O)Nc2ccc(I)cc21. The lowest BCUT2D eigenvalue weighted by molar-refractivity contribution is -0.384. The van der Waals surface area contributed by atoms with Gasteiger partial charge in [0.1, 0.15) is 0 Å². The second-order valence-electron chi connectivity index (χ2n) is 5.07. The van der Waals surface area contributed by atoms with Gasteiger partial charge in [0.2, 0.25) is 0 Å². The first-order chi connectivity index (χ1) is 11.9. The number of nitrogens with two attached hydrogens (primary N) is 1. The van der Waals surface area contributed by atoms with Crippen LogP contribution in [0.2, 0.25) is 0 Å². The lowest BCUT2D eigenvalue weighted by atomic mass is 10.1. The maximum absolute atomic E-state index is 12.2. The van der Waals surface area contributed by atoms with Gasteiger partial charge >= 0.3 is 0 Å². The van der Waals surface area contributed by atoms with E-state index in [1.54, 1.807) is 12.1 Å². The van der Waals surface area contributed by atoms with Crippen molar-refractivity contribution in [3.05, 3.63) is 61.2 Å². The van der Waals surface area contributed by atoms with Crippen molar-refractivity contribution in [3.63, 3.8) is 0 Å². The molecule has 0 radical (unpaired) electrons. The monoisotopic (exact) mass is 451 g/mol. The number of halogens is 1. The number of hydrogen-bond acceptors (Lipinski definition) is 6. The summed E-state index contributed by atoms with van der Waals surface area (Å²) in [6.07, 6.45) is 0. The number of fused-ring (bicyclic) bond motifs is 1. The first-order valence-electron chi connectivity index (χ1n) is 6.90. The number of rotatable bonds is 3. The standard InChI is InChI=1S/C15H10IN5O4/c16-7-1-4-12-10(5-7)13(15(23)18-12)19-20-14(22)9-6-8(21(24)25)2-3-11(9)17/h1-6H,17H2,(H,20,22)(H,18,19,23). The summed E-state index contributed by atoms with van der Waals surface area (Å²) in [5, 5.41) is 17.3. The summed E-state index contributed by atoms with van der Waals surface area (Å²) in [5.41, 5.74) is 8.80. The van der Waals surface area contributed by atoms with Crippen molar-refractivity contribution >= 4 is 57.2 Å². The Bertz CT molecular complexity index is 957. The Morgan fingerprint density at radius 1 is 1.28 bits per heavy atom. The number of carbonyl (C=O) groups excluding carboxylic acids is 2. The number of hydrazone groups is 1. The Morgan fingerprint density at radius 3 is 2.76 bits per heavy atom. The predicted octanol–water partition coefficient (Wildman–Crippen LogP) is 1.87. The largest absolute Gasteiger partial charge is 0.398 e. The van der Waals surface area contributed by atoms with Gasteiger partial charge in [-0.25, -0.2) is 5.43 Å². The molecule has 1 heterocycles. The number of nitrogens with one attached hydrogen (secondary N) is 2. The molecule has 0 aromatic heterocycles. The van der Waals surface area contributed by atoms with Crippen LogP contribution >= 0.6 is 22.6 Å². The smallest absolute Gasteiger partial charge is 0.276 e. The predicted molar refractivity (Wildman–Crippen MR) is 99.3 cm³/mol. The van der Waals surface area contributed by atoms with Crippen LogP contribution in [-0.4, -0.2) is 22.4 Å². The molecule has 0 saturated carbocycles. The van der Waals surface area contributed by atoms with Crippen LogP contribution in [0.25, 0.3) is 0 Å². The molecule has 0 atom stereocenters. The molecule has 0 aliphatic carbocycles. The quantitative estimate of drug-likeness (QED) is 0.283. The summed E-state index contributed by atoms with van der Waals surface area (Å²) in [7, 11) is 0. The Morgan fingerprint density at radius 2 is 2.04 bits per heavy atom. The average molecular weight is 451 g/mol. The van der Waals surface area contributed by atoms with Crippen LogP contribution in [0, 0.1) is 13.7 Å². The van der Waals surface area contributed by atoms with E-state index in [0.717, 1.165) is 9.64 Å². The molecule has 1 aliphatic heterocycles. The fourth-order valence-electron chi connectivity index (χ4n) is 2.26. The molecule has 4 N–H and O–H groups in total. The maximum Gasteiger partial charge on any atom is 0.276 e. The number of non-ortho nitro benzene ring substituents is 1. The van der Waals surface area contributed by atoms with Crippen molar-refractivity contribution < 1.29 is 14.5 Å². The second-order valence-corrected chi connectivity index (χ2v) is 6.32. The third kappa shape index (κ3) is 3.28. The van der Waals surface area contributed by atoms with E-state index < -0.39 is 16.7 Å². The molecule has 126 valence electrons. The van der Waals surface area contributed by atoms with E-state index in [1.807, 2.05) is 6.07 Å². The first-order valence-corrected chi connectivity index (χ1v) is 7.98. The first kappa shape index (κ1) is 16.8. The molecule has 0 saturated heterocycles. The molecule has 0 fully saturated rings. The normalized spacial score (nSPS) is 14.1. The number of hydrogen-bond donors (Lipinski definition) is 3. The van der Waals surface area contributed by atoms with Gasteiger partial charge in [0.05, 0.1) is 16.2 Å². The molecular formula is C15H10IN5O4. The maximum atomic E-state index is 12.2. The molecule has 25 heavy (non-hydrogen) atoms. The van der Waals surface area contributed by atoms with Gasteiger partial charge in [-0.2, -0.15) is 5.10 Å². The minimum atomic E-state index is -0.749. The summed E-state index contributed by atoms with van der Waals surface area (Å²) in [5.74, 6) is -1.20. The number of nitro benzene ring substituents is 1. The minimum Gasteiger partial charge on any atom is -0.398 e. The van der Waals surface area contributed by atoms with E-state index in [1.165, 1.54) is 12.1 Å². The van der Waals surface area contributed by atoms with Crippen LogP contribution < -0.4 is 16.5 Å². The Balaban J connectivity index is 1.89. The van der Waals surface area contributed by atoms with Crippen molar-refractivity contribution in [2.24, 2.45) is 5.10 Å². The molecule has 2 amide bonds. The van der Waals surface area contributed by atoms with Crippen LogP contribution in [-0.2, 0) is 4.79 Å². The summed E-state index contributed by atoms with van der Waals surface area (Å²) in [4.78, 5) is 34.4. The molecule has 10 heteroatoms. The number of nitrogen functional groups attached to an aromatic ring is 1. The highest BCUT2D eigenvalue weighted by Crippen LogP contribution is 2.25. The summed E-state index contributed by atoms with van der Waals surface area (Å²) >= 11 is 2.09. The fourth-order valence-corrected chi connectivity index (χ4v) is 2.75. The number of nitrogens with zero attached hydrogens (tertiary/aromatic N) is 2. The lowest BCUT2D eigenvalue weighted by Gasteiger charge is -2.04. The van der Waals surface area contributed by atoms with Crippen LogP contribution in [0.4, 0.5) is 17.1 Å². The number of amides is 2. The number of benzene rings is 2. The van der Waals surface area contributed by atoms with Crippen LogP contribution in [0.1, 0.15) is 15.9 Å². The van der Waals surface area contributed by atoms with Crippen molar-refractivity contribution in [1.29, 1.82) is 0 Å². The van der Waals surface area contributed by atoms with E-state index >= 15 is 0 Å². The Kier molecular flexibility index (Phi) is 4.35. The molecule has 9 nitrogen and oxygen atoms in total. The van der Waals surface area contributed by atoms with Gasteiger partial charge in [-0.15, -0.1) is 0 Å². The molecule has 0 bridgehead atoms. The highest BCUT2D eigenvalue weighted by molar-refractivity contribution is 14.1. The van der Waals surface area contributed by atoms with Gasteiger partial charge in [-0.05, 0) is 46.9 Å². The molecule has 1 aliphatic rings. The average Bonchev–Trinajstić information content (AvgIpc) is 2.87. The molecule has 2 aromatic rings. The molecule has 0 spiro atoms. The van der Waals surface area contributed by atoms with Crippen molar-refractivity contribution in [3.8, 4) is 0 Å². The van der Waals surface area contributed by atoms with Crippen molar-refractivity contribution in [2.75, 3.05) is 11.1 Å². The van der Waals surface area contributed by atoms with Crippen LogP contribution in [0.15, 0.2) is 41.5 Å². The zero-order valence-corrected chi connectivity index (χ0v) is 14.6. The third-order valence-corrected chi connectivity index (χ3v) is 4.13. The van der Waals surface area contributed by atoms with Gasteiger partial charge in [0.25, 0.3) is 17.5 Å². The van der Waals surface area contributed by atoms with E-state index in [2.05, 4.69) is 38.4 Å². The van der Waals surface area contributed by atoms with Gasteiger partial charge in [-0.3, -0.25) is 19.7 Å². The topological polar surface area (TPSA) is 140 Å². The number of nitro groups is 1. The summed E-state index contributed by atoms with van der Waals surface area (Å²) in [6, 6.07) is 8.82. The second kappa shape index (κ2) is 6.47. The number of carbonyl (C=O) groups is 2. The van der Waals surface area contributed by atoms with Crippen LogP contribution in [0.5, 0.6) is 0 Å². The zero-order chi connectivity index (χ0) is 18.1. The summed E-state index contributed by atoms with van der Waals surface area (Å²) < 4.78 is 0.898. The molecular weight excluding hydrogens is 441 g/mol.